The lowest BCUT2D eigenvalue weighted by atomic mass is 9.70. The molecule has 2 aliphatic carbocycles. The minimum absolute atomic E-state index is 0.163. The van der Waals surface area contributed by atoms with E-state index in [0.29, 0.717) is 11.6 Å². The number of aryl methyl sites for hydroxylation is 2. The van der Waals surface area contributed by atoms with Crippen LogP contribution in [0.4, 0.5) is 0 Å². The van der Waals surface area contributed by atoms with E-state index < -0.39 is 0 Å². The zero-order chi connectivity index (χ0) is 14.3. The number of amides is 1. The molecule has 21 heavy (non-hydrogen) atoms. The topological polar surface area (TPSA) is 41.1 Å². The molecule has 4 rings (SSSR count). The highest BCUT2D eigenvalue weighted by Gasteiger charge is 2.41. The fraction of sp³-hybridized carbons (Fsp3) is 0.706. The normalized spacial score (nSPS) is 27.0. The Labute approximate surface area is 130 Å². The van der Waals surface area contributed by atoms with Crippen molar-refractivity contribution in [2.45, 2.75) is 69.4 Å². The van der Waals surface area contributed by atoms with Crippen LogP contribution in [0.5, 0.6) is 0 Å². The van der Waals surface area contributed by atoms with E-state index in [9.17, 15) is 4.79 Å². The third-order valence-corrected chi connectivity index (χ3v) is 6.73. The Morgan fingerprint density at radius 1 is 1.29 bits per heavy atom. The van der Waals surface area contributed by atoms with Gasteiger partial charge in [-0.25, -0.2) is 0 Å². The molecule has 1 amide bonds. The monoisotopic (exact) mass is 304 g/mol. The van der Waals surface area contributed by atoms with E-state index >= 15 is 0 Å². The molecule has 3 aliphatic rings. The lowest BCUT2D eigenvalue weighted by molar-refractivity contribution is 0.0856. The Hall–Kier alpha value is -0.870. The quantitative estimate of drug-likeness (QED) is 0.882. The summed E-state index contributed by atoms with van der Waals surface area (Å²) in [6.07, 6.45) is 11.0. The number of rotatable bonds is 2. The van der Waals surface area contributed by atoms with Crippen molar-refractivity contribution in [2.24, 2.45) is 0 Å². The summed E-state index contributed by atoms with van der Waals surface area (Å²) in [5, 5.41) is 6.97. The molecule has 3 nitrogen and oxygen atoms in total. The van der Waals surface area contributed by atoms with Crippen molar-refractivity contribution in [3.05, 3.63) is 21.4 Å². The summed E-state index contributed by atoms with van der Waals surface area (Å²) < 4.78 is 0. The number of thiophene rings is 1. The first-order valence-corrected chi connectivity index (χ1v) is 9.23. The van der Waals surface area contributed by atoms with E-state index in [1.807, 2.05) is 0 Å². The highest BCUT2D eigenvalue weighted by atomic mass is 32.1. The largest absolute Gasteiger partial charge is 0.348 e. The molecule has 0 aromatic carbocycles. The van der Waals surface area contributed by atoms with Crippen LogP contribution in [0.25, 0.3) is 0 Å². The minimum atomic E-state index is 0.163. The van der Waals surface area contributed by atoms with Gasteiger partial charge in [-0.05, 0) is 76.0 Å². The van der Waals surface area contributed by atoms with Crippen LogP contribution < -0.4 is 10.6 Å². The third-order valence-electron chi connectivity index (χ3n) is 5.50. The van der Waals surface area contributed by atoms with E-state index in [2.05, 4.69) is 16.7 Å². The molecule has 1 atom stereocenters. The van der Waals surface area contributed by atoms with Crippen LogP contribution in [0.15, 0.2) is 6.07 Å². The molecule has 2 fully saturated rings. The number of nitrogens with one attached hydrogen (secondary N) is 2. The average Bonchev–Trinajstić information content (AvgIpc) is 2.90. The van der Waals surface area contributed by atoms with Crippen LogP contribution in [-0.2, 0) is 12.8 Å². The van der Waals surface area contributed by atoms with Gasteiger partial charge < -0.3 is 10.6 Å². The van der Waals surface area contributed by atoms with E-state index in [1.54, 1.807) is 11.3 Å². The van der Waals surface area contributed by atoms with Gasteiger partial charge in [-0.3, -0.25) is 4.79 Å². The molecule has 114 valence electrons. The zero-order valence-electron chi connectivity index (χ0n) is 12.5. The molecule has 1 saturated heterocycles. The molecule has 2 heterocycles. The molecular weight excluding hydrogens is 280 g/mol. The van der Waals surface area contributed by atoms with Crippen molar-refractivity contribution in [1.29, 1.82) is 0 Å². The SMILES string of the molecule is O=C(NC1CCNC2(CCC2)C1)c1cc2c(s1)CCCC2. The molecule has 2 N–H and O–H groups in total. The summed E-state index contributed by atoms with van der Waals surface area (Å²) in [5.74, 6) is 0.163. The second kappa shape index (κ2) is 5.40. The molecule has 1 aliphatic heterocycles. The van der Waals surface area contributed by atoms with Gasteiger partial charge in [-0.15, -0.1) is 11.3 Å². The number of fused-ring (bicyclic) bond motifs is 1. The Balaban J connectivity index is 1.42. The summed E-state index contributed by atoms with van der Waals surface area (Å²) in [5.41, 5.74) is 1.78. The smallest absolute Gasteiger partial charge is 0.261 e. The van der Waals surface area contributed by atoms with Crippen LogP contribution in [0, 0.1) is 0 Å². The maximum absolute atomic E-state index is 12.5. The molecular formula is C17H24N2OS. The average molecular weight is 304 g/mol. The first kappa shape index (κ1) is 13.8. The van der Waals surface area contributed by atoms with Crippen molar-refractivity contribution >= 4 is 17.2 Å². The Bertz CT molecular complexity index is 523. The van der Waals surface area contributed by atoms with Gasteiger partial charge in [0.2, 0.25) is 0 Å². The minimum Gasteiger partial charge on any atom is -0.348 e. The van der Waals surface area contributed by atoms with Crippen molar-refractivity contribution in [3.63, 3.8) is 0 Å². The Morgan fingerprint density at radius 2 is 2.14 bits per heavy atom. The zero-order valence-corrected chi connectivity index (χ0v) is 13.4. The van der Waals surface area contributed by atoms with Gasteiger partial charge in [-0.2, -0.15) is 0 Å². The second-order valence-electron chi connectivity index (χ2n) is 6.99. The van der Waals surface area contributed by atoms with Gasteiger partial charge in [0.25, 0.3) is 5.91 Å². The summed E-state index contributed by atoms with van der Waals surface area (Å²) in [6, 6.07) is 2.51. The summed E-state index contributed by atoms with van der Waals surface area (Å²) in [6.45, 7) is 1.05. The number of hydrogen-bond acceptors (Lipinski definition) is 3. The third kappa shape index (κ3) is 2.64. The lowest BCUT2D eigenvalue weighted by Crippen LogP contribution is -2.59. The fourth-order valence-electron chi connectivity index (χ4n) is 4.12. The van der Waals surface area contributed by atoms with Crippen LogP contribution in [0.3, 0.4) is 0 Å². The molecule has 1 saturated carbocycles. The van der Waals surface area contributed by atoms with Gasteiger partial charge in [0.15, 0.2) is 0 Å². The first-order valence-electron chi connectivity index (χ1n) is 8.42. The van der Waals surface area contributed by atoms with Crippen LogP contribution in [-0.4, -0.2) is 24.0 Å². The number of carbonyl (C=O) groups excluding carboxylic acids is 1. The van der Waals surface area contributed by atoms with Crippen LogP contribution in [0.1, 0.15) is 65.1 Å². The summed E-state index contributed by atoms with van der Waals surface area (Å²) in [7, 11) is 0. The van der Waals surface area contributed by atoms with Gasteiger partial charge in [0.1, 0.15) is 0 Å². The highest BCUT2D eigenvalue weighted by Crippen LogP contribution is 2.38. The molecule has 1 spiro atoms. The van der Waals surface area contributed by atoms with E-state index in [1.165, 1.54) is 49.0 Å². The van der Waals surface area contributed by atoms with Gasteiger partial charge in [0.05, 0.1) is 4.88 Å². The first-order chi connectivity index (χ1) is 10.2. The molecule has 0 radical (unpaired) electrons. The number of hydrogen-bond donors (Lipinski definition) is 2. The van der Waals surface area contributed by atoms with Crippen molar-refractivity contribution < 1.29 is 4.79 Å². The Kier molecular flexibility index (Phi) is 3.54. The fourth-order valence-corrected chi connectivity index (χ4v) is 5.28. The number of carbonyl (C=O) groups is 1. The predicted octanol–water partition coefficient (Wildman–Crippen LogP) is 3.03. The molecule has 4 heteroatoms. The van der Waals surface area contributed by atoms with E-state index in [0.717, 1.165) is 30.7 Å². The van der Waals surface area contributed by atoms with Crippen molar-refractivity contribution in [2.75, 3.05) is 6.54 Å². The molecule has 1 aromatic rings. The van der Waals surface area contributed by atoms with Crippen molar-refractivity contribution in [1.82, 2.24) is 10.6 Å². The molecule has 1 aromatic heterocycles. The van der Waals surface area contributed by atoms with E-state index in [4.69, 9.17) is 0 Å². The van der Waals surface area contributed by atoms with Gasteiger partial charge >= 0.3 is 0 Å². The molecule has 0 bridgehead atoms. The predicted molar refractivity (Wildman–Crippen MR) is 86.0 cm³/mol. The maximum atomic E-state index is 12.5. The van der Waals surface area contributed by atoms with Crippen LogP contribution >= 0.6 is 11.3 Å². The van der Waals surface area contributed by atoms with E-state index in [-0.39, 0.29) is 5.91 Å². The highest BCUT2D eigenvalue weighted by molar-refractivity contribution is 7.14. The Morgan fingerprint density at radius 3 is 2.90 bits per heavy atom. The summed E-state index contributed by atoms with van der Waals surface area (Å²) in [4.78, 5) is 14.9. The maximum Gasteiger partial charge on any atom is 0.261 e. The lowest BCUT2D eigenvalue weighted by Gasteiger charge is -2.48. The molecule has 1 unspecified atom stereocenters. The standard InChI is InChI=1S/C17H24N2OS/c20-16(15-10-12-4-1-2-5-14(12)21-15)19-13-6-9-18-17(11-13)7-3-8-17/h10,13,18H,1-9,11H2,(H,19,20). The van der Waals surface area contributed by atoms with Crippen molar-refractivity contribution in [3.8, 4) is 0 Å². The number of piperidine rings is 1. The van der Waals surface area contributed by atoms with Gasteiger partial charge in [0, 0.05) is 16.5 Å². The summed E-state index contributed by atoms with van der Waals surface area (Å²) >= 11 is 1.72. The van der Waals surface area contributed by atoms with Crippen LogP contribution in [0.2, 0.25) is 0 Å². The van der Waals surface area contributed by atoms with Gasteiger partial charge in [-0.1, -0.05) is 0 Å². The second-order valence-corrected chi connectivity index (χ2v) is 8.13.